The largest absolute Gasteiger partial charge is 0.342 e. The van der Waals surface area contributed by atoms with Gasteiger partial charge in [0.25, 0.3) is 17.3 Å². The molecule has 0 fully saturated rings. The maximum Gasteiger partial charge on any atom is 0.270 e. The van der Waals surface area contributed by atoms with Gasteiger partial charge in [0.15, 0.2) is 11.0 Å². The molecule has 0 aliphatic rings. The molecule has 0 saturated carbocycles. The maximum atomic E-state index is 13.5. The number of hydrogen-bond acceptors (Lipinski definition) is 8. The number of carbonyl (C=O) groups is 1. The van der Waals surface area contributed by atoms with Crippen molar-refractivity contribution in [3.63, 3.8) is 0 Å². The normalized spacial score (nSPS) is 11.6. The molecule has 11 nitrogen and oxygen atoms in total. The third kappa shape index (κ3) is 7.10. The number of carbonyl (C=O) groups excluding carboxylic acids is 1. The molecule has 1 N–H and O–H groups in total. The molecule has 0 radical (unpaired) electrons. The van der Waals surface area contributed by atoms with Gasteiger partial charge in [0.2, 0.25) is 0 Å². The first-order valence-corrected chi connectivity index (χ1v) is 14.7. The second-order valence-corrected chi connectivity index (χ2v) is 11.2. The van der Waals surface area contributed by atoms with E-state index in [2.05, 4.69) is 21.6 Å². The Morgan fingerprint density at radius 1 is 0.886 bits per heavy atom. The van der Waals surface area contributed by atoms with Gasteiger partial charge in [-0.25, -0.2) is 0 Å². The standard InChI is InChI=1S/C31H25ClN6O5S/c1-20-6-5-9-22(16-20)19-44-31-35-34-29(36(31)23-10-12-24(13-11-23)37(40)41)28(17-21-7-3-2-4-8-21)33-30(39)26-15-14-25(38(42)43)18-27(26)32/h2-16,18,28H,17,19H2,1H3,(H,33,39). The minimum atomic E-state index is -0.729. The van der Waals surface area contributed by atoms with E-state index in [0.29, 0.717) is 28.8 Å². The number of nitro groups is 2. The van der Waals surface area contributed by atoms with E-state index < -0.39 is 21.8 Å². The van der Waals surface area contributed by atoms with Crippen LogP contribution in [0.15, 0.2) is 102 Å². The minimum Gasteiger partial charge on any atom is -0.342 e. The van der Waals surface area contributed by atoms with Crippen LogP contribution in [0.25, 0.3) is 5.69 Å². The van der Waals surface area contributed by atoms with Gasteiger partial charge in [0.05, 0.1) is 26.5 Å². The average Bonchev–Trinajstić information content (AvgIpc) is 3.44. The molecule has 0 spiro atoms. The van der Waals surface area contributed by atoms with Crippen LogP contribution in [0.4, 0.5) is 11.4 Å². The molecule has 1 unspecified atom stereocenters. The van der Waals surface area contributed by atoms with Crippen molar-refractivity contribution < 1.29 is 14.6 Å². The number of non-ortho nitro benzene ring substituents is 2. The Labute approximate surface area is 261 Å². The van der Waals surface area contributed by atoms with E-state index in [1.165, 1.54) is 36.0 Å². The Morgan fingerprint density at radius 2 is 1.57 bits per heavy atom. The Bertz CT molecular complexity index is 1830. The van der Waals surface area contributed by atoms with Crippen molar-refractivity contribution in [2.45, 2.75) is 30.3 Å². The molecule has 5 rings (SSSR count). The van der Waals surface area contributed by atoms with E-state index in [0.717, 1.165) is 22.8 Å². The fourth-order valence-corrected chi connectivity index (χ4v) is 5.77. The lowest BCUT2D eigenvalue weighted by Crippen LogP contribution is -2.32. The number of nitro benzene ring substituents is 2. The van der Waals surface area contributed by atoms with Crippen LogP contribution in [0.1, 0.15) is 38.9 Å². The van der Waals surface area contributed by atoms with E-state index in [9.17, 15) is 25.0 Å². The zero-order chi connectivity index (χ0) is 31.2. The van der Waals surface area contributed by atoms with Gasteiger partial charge in [-0.15, -0.1) is 10.2 Å². The van der Waals surface area contributed by atoms with Crippen molar-refractivity contribution in [3.05, 3.63) is 150 Å². The van der Waals surface area contributed by atoms with Gasteiger partial charge >= 0.3 is 0 Å². The van der Waals surface area contributed by atoms with Crippen LogP contribution in [-0.2, 0) is 12.2 Å². The number of halogens is 1. The van der Waals surface area contributed by atoms with E-state index in [1.807, 2.05) is 55.5 Å². The number of nitrogens with one attached hydrogen (secondary N) is 1. The third-order valence-electron chi connectivity index (χ3n) is 6.74. The molecule has 1 amide bonds. The van der Waals surface area contributed by atoms with Gasteiger partial charge in [0, 0.05) is 35.7 Å². The molecular weight excluding hydrogens is 604 g/mol. The first-order valence-electron chi connectivity index (χ1n) is 13.4. The van der Waals surface area contributed by atoms with Gasteiger partial charge in [-0.3, -0.25) is 29.6 Å². The quantitative estimate of drug-likeness (QED) is 0.0930. The van der Waals surface area contributed by atoms with Crippen molar-refractivity contribution in [3.8, 4) is 5.69 Å². The highest BCUT2D eigenvalue weighted by Crippen LogP contribution is 2.31. The zero-order valence-electron chi connectivity index (χ0n) is 23.3. The minimum absolute atomic E-state index is 0.0609. The first-order chi connectivity index (χ1) is 21.2. The van der Waals surface area contributed by atoms with Gasteiger partial charge in [-0.1, -0.05) is 83.5 Å². The zero-order valence-corrected chi connectivity index (χ0v) is 24.9. The lowest BCUT2D eigenvalue weighted by atomic mass is 10.0. The van der Waals surface area contributed by atoms with Crippen LogP contribution in [0.3, 0.4) is 0 Å². The second kappa shape index (κ2) is 13.5. The van der Waals surface area contributed by atoms with Crippen molar-refractivity contribution in [1.29, 1.82) is 0 Å². The van der Waals surface area contributed by atoms with Crippen molar-refractivity contribution >= 4 is 40.6 Å². The van der Waals surface area contributed by atoms with E-state index in [1.54, 1.807) is 16.7 Å². The number of aryl methyl sites for hydroxylation is 1. The van der Waals surface area contributed by atoms with Crippen LogP contribution < -0.4 is 5.32 Å². The van der Waals surface area contributed by atoms with E-state index >= 15 is 0 Å². The summed E-state index contributed by atoms with van der Waals surface area (Å²) < 4.78 is 1.77. The Kier molecular flexibility index (Phi) is 9.32. The summed E-state index contributed by atoms with van der Waals surface area (Å²) >= 11 is 7.72. The van der Waals surface area contributed by atoms with Crippen LogP contribution in [0.5, 0.6) is 0 Å². The molecule has 1 atom stereocenters. The number of rotatable bonds is 11. The smallest absolute Gasteiger partial charge is 0.270 e. The number of aromatic nitrogens is 3. The number of amides is 1. The Balaban J connectivity index is 1.56. The van der Waals surface area contributed by atoms with E-state index in [4.69, 9.17) is 11.6 Å². The summed E-state index contributed by atoms with van der Waals surface area (Å²) in [6, 6.07) is 26.5. The highest BCUT2D eigenvalue weighted by atomic mass is 35.5. The van der Waals surface area contributed by atoms with Crippen molar-refractivity contribution in [2.75, 3.05) is 0 Å². The van der Waals surface area contributed by atoms with E-state index in [-0.39, 0.29) is 22.0 Å². The van der Waals surface area contributed by atoms with Gasteiger partial charge in [0.1, 0.15) is 0 Å². The lowest BCUT2D eigenvalue weighted by Gasteiger charge is -2.20. The summed E-state index contributed by atoms with van der Waals surface area (Å²) in [5.41, 5.74) is 3.43. The third-order valence-corrected chi connectivity index (χ3v) is 8.05. The number of nitrogens with zero attached hydrogens (tertiary/aromatic N) is 5. The van der Waals surface area contributed by atoms with Gasteiger partial charge in [-0.05, 0) is 42.7 Å². The molecule has 5 aromatic rings. The fraction of sp³-hybridized carbons (Fsp3) is 0.129. The van der Waals surface area contributed by atoms with Crippen LogP contribution >= 0.6 is 23.4 Å². The SMILES string of the molecule is Cc1cccc(CSc2nnc(C(Cc3ccccc3)NC(=O)c3ccc([N+](=O)[O-])cc3Cl)n2-c2ccc([N+](=O)[O-])cc2)c1. The Hall–Kier alpha value is -5.07. The Morgan fingerprint density at radius 3 is 2.23 bits per heavy atom. The molecule has 13 heteroatoms. The molecule has 4 aromatic carbocycles. The number of hydrogen-bond donors (Lipinski definition) is 1. The van der Waals surface area contributed by atoms with Gasteiger partial charge < -0.3 is 5.32 Å². The highest BCUT2D eigenvalue weighted by Gasteiger charge is 2.27. The molecular formula is C31H25ClN6O5S. The van der Waals surface area contributed by atoms with Crippen molar-refractivity contribution in [1.82, 2.24) is 20.1 Å². The fourth-order valence-electron chi connectivity index (χ4n) is 4.61. The molecule has 0 bridgehead atoms. The predicted molar refractivity (Wildman–Crippen MR) is 167 cm³/mol. The summed E-state index contributed by atoms with van der Waals surface area (Å²) in [6.07, 6.45) is 0.324. The molecule has 222 valence electrons. The van der Waals surface area contributed by atoms with Crippen LogP contribution in [-0.4, -0.2) is 30.5 Å². The molecule has 0 aliphatic carbocycles. The molecule has 1 heterocycles. The number of benzene rings is 4. The molecule has 0 aliphatic heterocycles. The summed E-state index contributed by atoms with van der Waals surface area (Å²) in [4.78, 5) is 35.0. The summed E-state index contributed by atoms with van der Waals surface area (Å²) in [6.45, 7) is 2.01. The first kappa shape index (κ1) is 30.4. The summed E-state index contributed by atoms with van der Waals surface area (Å²) in [5, 5.41) is 34.9. The number of thioether (sulfide) groups is 1. The lowest BCUT2D eigenvalue weighted by molar-refractivity contribution is -0.385. The molecule has 44 heavy (non-hydrogen) atoms. The summed E-state index contributed by atoms with van der Waals surface area (Å²) in [7, 11) is 0. The molecule has 0 saturated heterocycles. The monoisotopic (exact) mass is 628 g/mol. The average molecular weight is 629 g/mol. The van der Waals surface area contributed by atoms with Gasteiger partial charge in [-0.2, -0.15) is 0 Å². The highest BCUT2D eigenvalue weighted by molar-refractivity contribution is 7.98. The van der Waals surface area contributed by atoms with Crippen LogP contribution in [0, 0.1) is 27.2 Å². The summed E-state index contributed by atoms with van der Waals surface area (Å²) in [5.74, 6) is 0.417. The van der Waals surface area contributed by atoms with Crippen molar-refractivity contribution in [2.24, 2.45) is 0 Å². The predicted octanol–water partition coefficient (Wildman–Crippen LogP) is 7.05. The topological polar surface area (TPSA) is 146 Å². The van der Waals surface area contributed by atoms with Crippen LogP contribution in [0.2, 0.25) is 5.02 Å². The second-order valence-electron chi connectivity index (χ2n) is 9.86. The molecule has 1 aromatic heterocycles. The maximum absolute atomic E-state index is 13.5.